The van der Waals surface area contributed by atoms with Crippen molar-refractivity contribution in [1.29, 1.82) is 0 Å². The zero-order valence-electron chi connectivity index (χ0n) is 11.1. The highest BCUT2D eigenvalue weighted by Crippen LogP contribution is 2.21. The molecule has 2 heterocycles. The van der Waals surface area contributed by atoms with E-state index >= 15 is 0 Å². The number of hydrogen-bond donors (Lipinski definition) is 1. The van der Waals surface area contributed by atoms with Crippen LogP contribution in [0.15, 0.2) is 6.20 Å². The van der Waals surface area contributed by atoms with Crippen molar-refractivity contribution < 1.29 is 0 Å². The van der Waals surface area contributed by atoms with Crippen LogP contribution in [0.4, 0.5) is 0 Å². The Morgan fingerprint density at radius 2 is 2.06 bits per heavy atom. The van der Waals surface area contributed by atoms with E-state index in [1.807, 2.05) is 0 Å². The second-order valence-corrected chi connectivity index (χ2v) is 5.92. The molecule has 17 heavy (non-hydrogen) atoms. The second kappa shape index (κ2) is 5.36. The van der Waals surface area contributed by atoms with Gasteiger partial charge >= 0.3 is 0 Å². The predicted octanol–water partition coefficient (Wildman–Crippen LogP) is 3.01. The molecule has 1 aliphatic rings. The number of H-pyrrole nitrogens is 1. The zero-order valence-corrected chi connectivity index (χ0v) is 11.9. The molecule has 1 aromatic rings. The Bertz CT molecular complexity index is 411. The van der Waals surface area contributed by atoms with E-state index in [1.54, 1.807) is 0 Å². The predicted molar refractivity (Wildman–Crippen MR) is 73.9 cm³/mol. The topological polar surface area (TPSA) is 24.0 Å². The number of imidazole rings is 1. The molecular weight excluding hydrogens is 230 g/mol. The summed E-state index contributed by atoms with van der Waals surface area (Å²) >= 11 is 5.38. The lowest BCUT2D eigenvalue weighted by molar-refractivity contribution is 0.203. The SMILES string of the molecule is CC(C)c1c[nH]c(=S)n1CC1CCN(C)CC1. The normalized spacial score (nSPS) is 19.1. The van der Waals surface area contributed by atoms with Gasteiger partial charge in [-0.25, -0.2) is 0 Å². The fourth-order valence-corrected chi connectivity index (χ4v) is 2.82. The Hall–Kier alpha value is -0.610. The molecule has 0 bridgehead atoms. The number of nitrogens with zero attached hydrogens (tertiary/aromatic N) is 2. The highest BCUT2D eigenvalue weighted by molar-refractivity contribution is 7.71. The van der Waals surface area contributed by atoms with E-state index in [4.69, 9.17) is 12.2 Å². The van der Waals surface area contributed by atoms with Crippen molar-refractivity contribution in [2.24, 2.45) is 5.92 Å². The van der Waals surface area contributed by atoms with Gasteiger partial charge in [0.25, 0.3) is 0 Å². The third-order valence-corrected chi connectivity index (χ3v) is 4.11. The maximum atomic E-state index is 5.38. The van der Waals surface area contributed by atoms with Crippen molar-refractivity contribution in [3.8, 4) is 0 Å². The lowest BCUT2D eigenvalue weighted by atomic mass is 9.97. The van der Waals surface area contributed by atoms with Crippen LogP contribution in [0, 0.1) is 10.7 Å². The first-order valence-electron chi connectivity index (χ1n) is 6.54. The van der Waals surface area contributed by atoms with Crippen LogP contribution < -0.4 is 0 Å². The number of aromatic nitrogens is 2. The van der Waals surface area contributed by atoms with Gasteiger partial charge < -0.3 is 14.5 Å². The number of likely N-dealkylation sites (tertiary alicyclic amines) is 1. The molecule has 0 atom stereocenters. The van der Waals surface area contributed by atoms with Crippen molar-refractivity contribution in [1.82, 2.24) is 14.5 Å². The van der Waals surface area contributed by atoms with E-state index in [0.717, 1.165) is 17.2 Å². The van der Waals surface area contributed by atoms with Crippen molar-refractivity contribution >= 4 is 12.2 Å². The summed E-state index contributed by atoms with van der Waals surface area (Å²) in [5, 5.41) is 0. The van der Waals surface area contributed by atoms with Crippen LogP contribution in [0.5, 0.6) is 0 Å². The molecule has 96 valence electrons. The molecule has 1 N–H and O–H groups in total. The van der Waals surface area contributed by atoms with Crippen molar-refractivity contribution in [3.05, 3.63) is 16.7 Å². The average molecular weight is 253 g/mol. The molecule has 1 fully saturated rings. The minimum atomic E-state index is 0.536. The molecule has 0 spiro atoms. The first kappa shape index (κ1) is 12.8. The monoisotopic (exact) mass is 253 g/mol. The molecule has 0 radical (unpaired) electrons. The van der Waals surface area contributed by atoms with Crippen LogP contribution in [0.3, 0.4) is 0 Å². The summed E-state index contributed by atoms with van der Waals surface area (Å²) in [7, 11) is 2.21. The number of piperidine rings is 1. The quantitative estimate of drug-likeness (QED) is 0.837. The van der Waals surface area contributed by atoms with Gasteiger partial charge in [-0.2, -0.15) is 0 Å². The van der Waals surface area contributed by atoms with Gasteiger partial charge in [0.2, 0.25) is 0 Å². The van der Waals surface area contributed by atoms with Crippen LogP contribution in [0.25, 0.3) is 0 Å². The highest BCUT2D eigenvalue weighted by Gasteiger charge is 2.19. The van der Waals surface area contributed by atoms with E-state index in [1.165, 1.54) is 31.6 Å². The van der Waals surface area contributed by atoms with Gasteiger partial charge in [-0.15, -0.1) is 0 Å². The minimum absolute atomic E-state index is 0.536. The smallest absolute Gasteiger partial charge is 0.177 e. The lowest BCUT2D eigenvalue weighted by Gasteiger charge is -2.29. The molecule has 3 nitrogen and oxygen atoms in total. The molecule has 0 amide bonds. The Morgan fingerprint density at radius 3 is 2.65 bits per heavy atom. The van der Waals surface area contributed by atoms with E-state index in [0.29, 0.717) is 5.92 Å². The molecule has 1 aromatic heterocycles. The number of hydrogen-bond acceptors (Lipinski definition) is 2. The number of rotatable bonds is 3. The van der Waals surface area contributed by atoms with Gasteiger partial charge in [0, 0.05) is 18.4 Å². The standard InChI is InChI=1S/C13H23N3S/c1-10(2)12-8-14-13(17)16(12)9-11-4-6-15(3)7-5-11/h8,10-11H,4-7,9H2,1-3H3,(H,14,17). The first-order chi connectivity index (χ1) is 8.08. The van der Waals surface area contributed by atoms with E-state index in [9.17, 15) is 0 Å². The molecule has 2 rings (SSSR count). The number of aromatic amines is 1. The fourth-order valence-electron chi connectivity index (χ4n) is 2.58. The summed E-state index contributed by atoms with van der Waals surface area (Å²) in [4.78, 5) is 5.60. The van der Waals surface area contributed by atoms with Gasteiger partial charge in [0.1, 0.15) is 0 Å². The molecule has 1 saturated heterocycles. The molecule has 1 aliphatic heterocycles. The van der Waals surface area contributed by atoms with Gasteiger partial charge in [0.05, 0.1) is 0 Å². The Morgan fingerprint density at radius 1 is 1.41 bits per heavy atom. The summed E-state index contributed by atoms with van der Waals surface area (Å²) in [6.07, 6.45) is 4.66. The molecule has 4 heteroatoms. The molecule has 0 unspecified atom stereocenters. The average Bonchev–Trinajstić information content (AvgIpc) is 2.64. The maximum Gasteiger partial charge on any atom is 0.177 e. The maximum absolute atomic E-state index is 5.38. The molecule has 0 aromatic carbocycles. The Balaban J connectivity index is 2.08. The van der Waals surface area contributed by atoms with Crippen molar-refractivity contribution in [2.45, 2.75) is 39.2 Å². The molecular formula is C13H23N3S. The van der Waals surface area contributed by atoms with Gasteiger partial charge in [-0.1, -0.05) is 13.8 Å². The van der Waals surface area contributed by atoms with Crippen LogP contribution in [-0.2, 0) is 6.54 Å². The summed E-state index contributed by atoms with van der Waals surface area (Å²) in [5.41, 5.74) is 1.34. The van der Waals surface area contributed by atoms with Gasteiger partial charge in [-0.3, -0.25) is 0 Å². The van der Waals surface area contributed by atoms with Crippen molar-refractivity contribution in [3.63, 3.8) is 0 Å². The molecule has 0 saturated carbocycles. The molecule has 0 aliphatic carbocycles. The number of nitrogens with one attached hydrogen (secondary N) is 1. The Kier molecular flexibility index (Phi) is 4.05. The third-order valence-electron chi connectivity index (χ3n) is 3.77. The lowest BCUT2D eigenvalue weighted by Crippen LogP contribution is -2.32. The summed E-state index contributed by atoms with van der Waals surface area (Å²) < 4.78 is 3.18. The zero-order chi connectivity index (χ0) is 12.4. The van der Waals surface area contributed by atoms with E-state index < -0.39 is 0 Å². The van der Waals surface area contributed by atoms with Crippen LogP contribution in [0.2, 0.25) is 0 Å². The van der Waals surface area contributed by atoms with Gasteiger partial charge in [0.15, 0.2) is 4.77 Å². The van der Waals surface area contributed by atoms with E-state index in [-0.39, 0.29) is 0 Å². The van der Waals surface area contributed by atoms with Gasteiger partial charge in [-0.05, 0) is 57.0 Å². The first-order valence-corrected chi connectivity index (χ1v) is 6.95. The summed E-state index contributed by atoms with van der Waals surface area (Å²) in [6, 6.07) is 0. The van der Waals surface area contributed by atoms with Crippen LogP contribution in [-0.4, -0.2) is 34.6 Å². The fraction of sp³-hybridized carbons (Fsp3) is 0.769. The van der Waals surface area contributed by atoms with Crippen LogP contribution in [0.1, 0.15) is 38.3 Å². The summed E-state index contributed by atoms with van der Waals surface area (Å²) in [5.74, 6) is 1.32. The van der Waals surface area contributed by atoms with E-state index in [2.05, 4.69) is 41.5 Å². The Labute approximate surface area is 109 Å². The second-order valence-electron chi connectivity index (χ2n) is 5.53. The van der Waals surface area contributed by atoms with Crippen molar-refractivity contribution in [2.75, 3.05) is 20.1 Å². The third kappa shape index (κ3) is 2.99. The minimum Gasteiger partial charge on any atom is -0.337 e. The summed E-state index contributed by atoms with van der Waals surface area (Å²) in [6.45, 7) is 7.98. The highest BCUT2D eigenvalue weighted by atomic mass is 32.1. The largest absolute Gasteiger partial charge is 0.337 e. The van der Waals surface area contributed by atoms with Crippen LogP contribution >= 0.6 is 12.2 Å².